The molecule has 0 aliphatic heterocycles. The molecule has 5 aromatic rings. The van der Waals surface area contributed by atoms with Crippen molar-refractivity contribution in [3.63, 3.8) is 0 Å². The van der Waals surface area contributed by atoms with Gasteiger partial charge in [-0.2, -0.15) is 0 Å². The Morgan fingerprint density at radius 1 is 0.509 bits per heavy atom. The summed E-state index contributed by atoms with van der Waals surface area (Å²) in [4.78, 5) is 0. The quantitative estimate of drug-likeness (QED) is 0.134. The maximum Gasteiger partial charge on any atom is 0.135 e. The minimum absolute atomic E-state index is 0.0505. The first-order valence-electron chi connectivity index (χ1n) is 20.4. The van der Waals surface area contributed by atoms with E-state index in [0.29, 0.717) is 25.0 Å². The third-order valence-electron chi connectivity index (χ3n) is 14.6. The summed E-state index contributed by atoms with van der Waals surface area (Å²) in [5, 5.41) is 0. The van der Waals surface area contributed by atoms with Crippen molar-refractivity contribution >= 4 is 0 Å². The van der Waals surface area contributed by atoms with Gasteiger partial charge in [0.2, 0.25) is 0 Å². The van der Waals surface area contributed by atoms with Gasteiger partial charge in [-0.3, -0.25) is 0 Å². The minimum atomic E-state index is -0.0568. The first-order valence-corrected chi connectivity index (χ1v) is 20.4. The van der Waals surface area contributed by atoms with E-state index in [4.69, 9.17) is 9.47 Å². The predicted molar refractivity (Wildman–Crippen MR) is 218 cm³/mol. The lowest BCUT2D eigenvalue weighted by Gasteiger charge is -2.61. The minimum Gasteiger partial charge on any atom is -0.494 e. The lowest BCUT2D eigenvalue weighted by atomic mass is 9.40. The molecule has 0 N–H and O–H groups in total. The van der Waals surface area contributed by atoms with E-state index in [1.54, 1.807) is 11.1 Å². The highest BCUT2D eigenvalue weighted by molar-refractivity contribution is 5.85. The van der Waals surface area contributed by atoms with Crippen molar-refractivity contribution in [3.8, 4) is 35.2 Å². The van der Waals surface area contributed by atoms with E-state index in [1.165, 1.54) is 55.7 Å². The third-order valence-corrected chi connectivity index (χ3v) is 14.6. The summed E-state index contributed by atoms with van der Waals surface area (Å²) in [6, 6.07) is 41.4. The molecule has 2 heteroatoms. The van der Waals surface area contributed by atoms with Crippen molar-refractivity contribution in [2.24, 2.45) is 11.8 Å². The third kappa shape index (κ3) is 3.41. The molecule has 0 bridgehead atoms. The lowest BCUT2D eigenvalue weighted by molar-refractivity contribution is 0.301. The van der Waals surface area contributed by atoms with Gasteiger partial charge in [0.15, 0.2) is 0 Å². The molecule has 12 rings (SSSR count). The van der Waals surface area contributed by atoms with Gasteiger partial charge in [0.25, 0.3) is 0 Å². The van der Waals surface area contributed by atoms with Gasteiger partial charge in [-0.1, -0.05) is 122 Å². The van der Waals surface area contributed by atoms with Crippen LogP contribution in [0.1, 0.15) is 107 Å². The maximum atomic E-state index is 6.34. The number of rotatable bonds is 5. The van der Waals surface area contributed by atoms with Crippen molar-refractivity contribution in [3.05, 3.63) is 187 Å². The second kappa shape index (κ2) is 11.0. The van der Waals surface area contributed by atoms with E-state index < -0.39 is 0 Å². The van der Waals surface area contributed by atoms with Gasteiger partial charge in [0.05, 0.1) is 30.6 Å². The molecule has 5 aromatic carbocycles. The standard InChI is InChI=1S/C53H42O2/c1-5-17-36-44-46(50-34-20-11-15-24-40(34)52(50)38-22-13-9-18-32(38)48(44)52)37(27-26-31-29-42(54-7-3)30(6-2)28-43(31)55-8-4)47-45(36)49-33-19-10-14-23-39(33)53(49)41-25-16-12-21-35(41)51(47)53/h9-16,18-25,28-29,36-37,48-51H,6-8H2,1-4H3. The molecule has 2 nitrogen and oxygen atoms in total. The molecule has 55 heavy (non-hydrogen) atoms. The van der Waals surface area contributed by atoms with Crippen molar-refractivity contribution in [1.82, 2.24) is 0 Å². The van der Waals surface area contributed by atoms with Gasteiger partial charge in [-0.15, -0.1) is 5.92 Å². The highest BCUT2D eigenvalue weighted by Crippen LogP contribution is 2.85. The molecule has 7 aliphatic rings. The number of hydrogen-bond donors (Lipinski definition) is 0. The number of fused-ring (bicyclic) bond motifs is 12. The fraction of sp³-hybridized carbons (Fsp3) is 0.283. The van der Waals surface area contributed by atoms with Gasteiger partial charge in [-0.05, 0) is 112 Å². The Kier molecular flexibility index (Phi) is 6.30. The Hall–Kier alpha value is -5.70. The molecule has 0 saturated heterocycles. The van der Waals surface area contributed by atoms with Crippen LogP contribution in [0.5, 0.6) is 11.5 Å². The molecule has 0 heterocycles. The molecule has 0 aromatic heterocycles. The first kappa shape index (κ1) is 31.6. The summed E-state index contributed by atoms with van der Waals surface area (Å²) in [5.41, 5.74) is 20.0. The molecule has 266 valence electrons. The number of allylic oxidation sites excluding steroid dienone is 4. The summed E-state index contributed by atoms with van der Waals surface area (Å²) < 4.78 is 12.6. The first-order chi connectivity index (χ1) is 27.2. The highest BCUT2D eigenvalue weighted by atomic mass is 16.5. The number of hydrogen-bond acceptors (Lipinski definition) is 2. The van der Waals surface area contributed by atoms with Gasteiger partial charge < -0.3 is 9.47 Å². The average molecular weight is 711 g/mol. The average Bonchev–Trinajstić information content (AvgIpc) is 3.55. The SMILES string of the molecule is CC#CC1C2=C(C(C#Cc3cc(OCC)c(CC)cc3OCC)C3=C1C1c4ccccc4C14c1ccccc1C34)C1c3ccccc3C13c1ccccc1C23. The molecule has 6 atom stereocenters. The van der Waals surface area contributed by atoms with Crippen LogP contribution in [0.15, 0.2) is 131 Å². The zero-order valence-electron chi connectivity index (χ0n) is 31.8. The molecule has 2 spiro atoms. The van der Waals surface area contributed by atoms with Crippen molar-refractivity contribution in [2.75, 3.05) is 13.2 Å². The molecule has 0 amide bonds. The van der Waals surface area contributed by atoms with E-state index in [1.807, 2.05) is 6.92 Å². The smallest absolute Gasteiger partial charge is 0.135 e. The van der Waals surface area contributed by atoms with Crippen LogP contribution >= 0.6 is 0 Å². The summed E-state index contributed by atoms with van der Waals surface area (Å²) in [7, 11) is 0. The molecular formula is C53H42O2. The monoisotopic (exact) mass is 710 g/mol. The zero-order chi connectivity index (χ0) is 36.8. The van der Waals surface area contributed by atoms with Gasteiger partial charge in [0.1, 0.15) is 11.5 Å². The molecule has 0 fully saturated rings. The van der Waals surface area contributed by atoms with Crippen LogP contribution in [-0.2, 0) is 17.3 Å². The Morgan fingerprint density at radius 3 is 1.31 bits per heavy atom. The number of ether oxygens (including phenoxy) is 2. The Morgan fingerprint density at radius 2 is 0.909 bits per heavy atom. The van der Waals surface area contributed by atoms with Crippen LogP contribution in [0.2, 0.25) is 0 Å². The number of aryl methyl sites for hydroxylation is 1. The molecule has 7 aliphatic carbocycles. The molecule has 0 saturated carbocycles. The Labute approximate surface area is 324 Å². The topological polar surface area (TPSA) is 18.5 Å². The Bertz CT molecular complexity index is 2620. The molecular weight excluding hydrogens is 669 g/mol. The van der Waals surface area contributed by atoms with Gasteiger partial charge >= 0.3 is 0 Å². The predicted octanol–water partition coefficient (Wildman–Crippen LogP) is 10.6. The lowest BCUT2D eigenvalue weighted by Crippen LogP contribution is -2.54. The fourth-order valence-corrected chi connectivity index (χ4v) is 13.2. The van der Waals surface area contributed by atoms with E-state index >= 15 is 0 Å². The van der Waals surface area contributed by atoms with Crippen LogP contribution in [0.3, 0.4) is 0 Å². The van der Waals surface area contributed by atoms with E-state index in [9.17, 15) is 0 Å². The summed E-state index contributed by atoms with van der Waals surface area (Å²) in [6.07, 6.45) is 0.869. The molecule has 6 unspecified atom stereocenters. The van der Waals surface area contributed by atoms with Gasteiger partial charge in [0, 0.05) is 34.5 Å². The normalized spacial score (nSPS) is 29.4. The molecule has 0 radical (unpaired) electrons. The fourth-order valence-electron chi connectivity index (χ4n) is 13.2. The maximum absolute atomic E-state index is 6.34. The van der Waals surface area contributed by atoms with Crippen LogP contribution in [0.25, 0.3) is 0 Å². The number of benzene rings is 5. The summed E-state index contributed by atoms with van der Waals surface area (Å²) >= 11 is 0. The Balaban J connectivity index is 1.15. The van der Waals surface area contributed by atoms with Crippen molar-refractivity contribution in [1.29, 1.82) is 0 Å². The van der Waals surface area contributed by atoms with Crippen molar-refractivity contribution in [2.45, 2.75) is 68.6 Å². The summed E-state index contributed by atoms with van der Waals surface area (Å²) in [5.74, 6) is 18.3. The van der Waals surface area contributed by atoms with E-state index in [2.05, 4.69) is 154 Å². The van der Waals surface area contributed by atoms with Crippen LogP contribution in [0, 0.1) is 35.5 Å². The van der Waals surface area contributed by atoms with E-state index in [-0.39, 0.29) is 34.5 Å². The zero-order valence-corrected chi connectivity index (χ0v) is 31.8. The largest absolute Gasteiger partial charge is 0.494 e. The second-order valence-electron chi connectivity index (χ2n) is 16.3. The van der Waals surface area contributed by atoms with Crippen LogP contribution < -0.4 is 9.47 Å². The summed E-state index contributed by atoms with van der Waals surface area (Å²) in [6.45, 7) is 9.53. The van der Waals surface area contributed by atoms with Gasteiger partial charge in [-0.25, -0.2) is 0 Å². The van der Waals surface area contributed by atoms with Crippen LogP contribution in [0.4, 0.5) is 0 Å². The van der Waals surface area contributed by atoms with E-state index in [0.717, 1.165) is 29.0 Å². The van der Waals surface area contributed by atoms with Crippen LogP contribution in [-0.4, -0.2) is 13.2 Å². The highest BCUT2D eigenvalue weighted by Gasteiger charge is 2.77. The van der Waals surface area contributed by atoms with Crippen molar-refractivity contribution < 1.29 is 9.47 Å². The second-order valence-corrected chi connectivity index (χ2v) is 16.3.